The monoisotopic (exact) mass is 342 g/mol. The Balaban J connectivity index is 2.05. The SMILES string of the molecule is O=C1CSC(c2cc([N+](=O)[O-])ccc2Cl)N1c1nncs1. The summed E-state index contributed by atoms with van der Waals surface area (Å²) in [6.07, 6.45) is 0. The standard InChI is InChI=1S/C11H7ClN4O3S2/c12-8-2-1-6(16(18)19)3-7(8)10-15(9(17)4-20-10)11-14-13-5-21-11/h1-3,5,10H,4H2. The summed E-state index contributed by atoms with van der Waals surface area (Å²) in [7, 11) is 0. The van der Waals surface area contributed by atoms with Crippen LogP contribution in [0.15, 0.2) is 23.7 Å². The maximum Gasteiger partial charge on any atom is 0.269 e. The van der Waals surface area contributed by atoms with Crippen LogP contribution in [0.4, 0.5) is 10.8 Å². The summed E-state index contributed by atoms with van der Waals surface area (Å²) in [5.74, 6) is 0.146. The van der Waals surface area contributed by atoms with Gasteiger partial charge in [-0.05, 0) is 6.07 Å². The third-order valence-corrected chi connectivity index (χ3v) is 5.11. The number of rotatable bonds is 3. The zero-order valence-electron chi connectivity index (χ0n) is 10.3. The predicted octanol–water partition coefficient (Wildman–Crippen LogP) is 2.88. The molecular weight excluding hydrogens is 336 g/mol. The van der Waals surface area contributed by atoms with Gasteiger partial charge >= 0.3 is 0 Å². The molecule has 1 atom stereocenters. The first-order chi connectivity index (χ1) is 10.1. The molecule has 0 N–H and O–H groups in total. The highest BCUT2D eigenvalue weighted by atomic mass is 35.5. The van der Waals surface area contributed by atoms with Gasteiger partial charge < -0.3 is 0 Å². The highest BCUT2D eigenvalue weighted by molar-refractivity contribution is 8.00. The lowest BCUT2D eigenvalue weighted by molar-refractivity contribution is -0.384. The van der Waals surface area contributed by atoms with E-state index in [-0.39, 0.29) is 17.3 Å². The van der Waals surface area contributed by atoms with E-state index >= 15 is 0 Å². The minimum Gasteiger partial charge on any atom is -0.273 e. The lowest BCUT2D eigenvalue weighted by Crippen LogP contribution is -2.27. The smallest absolute Gasteiger partial charge is 0.269 e. The molecule has 0 bridgehead atoms. The number of nitro benzene ring substituents is 1. The number of carbonyl (C=O) groups is 1. The average molecular weight is 343 g/mol. The van der Waals surface area contributed by atoms with Crippen molar-refractivity contribution in [2.45, 2.75) is 5.37 Å². The van der Waals surface area contributed by atoms with Crippen molar-refractivity contribution in [1.29, 1.82) is 0 Å². The molecule has 2 heterocycles. The average Bonchev–Trinajstić information content (AvgIpc) is 3.08. The highest BCUT2D eigenvalue weighted by Gasteiger charge is 2.37. The zero-order chi connectivity index (χ0) is 15.0. The first kappa shape index (κ1) is 14.2. The van der Waals surface area contributed by atoms with Crippen molar-refractivity contribution >= 4 is 51.4 Å². The number of benzene rings is 1. The van der Waals surface area contributed by atoms with Gasteiger partial charge in [-0.3, -0.25) is 19.8 Å². The van der Waals surface area contributed by atoms with Crippen molar-refractivity contribution in [3.8, 4) is 0 Å². The van der Waals surface area contributed by atoms with Gasteiger partial charge in [0, 0.05) is 22.7 Å². The van der Waals surface area contributed by atoms with E-state index < -0.39 is 10.3 Å². The third kappa shape index (κ3) is 2.59. The van der Waals surface area contributed by atoms with E-state index in [0.717, 1.165) is 0 Å². The summed E-state index contributed by atoms with van der Waals surface area (Å²) in [5, 5.41) is 18.9. The van der Waals surface area contributed by atoms with Crippen molar-refractivity contribution in [2.24, 2.45) is 0 Å². The molecule has 1 aliphatic heterocycles. The lowest BCUT2D eigenvalue weighted by atomic mass is 10.2. The Bertz CT molecular complexity index is 709. The number of non-ortho nitro benzene ring substituents is 1. The Kier molecular flexibility index (Phi) is 3.79. The van der Waals surface area contributed by atoms with Crippen LogP contribution in [0.1, 0.15) is 10.9 Å². The molecule has 3 rings (SSSR count). The third-order valence-electron chi connectivity index (χ3n) is 2.88. The molecule has 2 aromatic rings. The Morgan fingerprint density at radius 3 is 2.95 bits per heavy atom. The Labute approximate surface area is 132 Å². The van der Waals surface area contributed by atoms with Crippen molar-refractivity contribution in [3.63, 3.8) is 0 Å². The van der Waals surface area contributed by atoms with E-state index in [0.29, 0.717) is 15.7 Å². The highest BCUT2D eigenvalue weighted by Crippen LogP contribution is 2.45. The van der Waals surface area contributed by atoms with Crippen LogP contribution in [0.2, 0.25) is 5.02 Å². The maximum atomic E-state index is 12.1. The number of hydrogen-bond donors (Lipinski definition) is 0. The molecule has 1 aliphatic rings. The molecule has 1 fully saturated rings. The van der Waals surface area contributed by atoms with Gasteiger partial charge in [0.1, 0.15) is 10.9 Å². The topological polar surface area (TPSA) is 89.2 Å². The van der Waals surface area contributed by atoms with Gasteiger partial charge in [-0.1, -0.05) is 22.9 Å². The van der Waals surface area contributed by atoms with E-state index in [2.05, 4.69) is 10.2 Å². The van der Waals surface area contributed by atoms with Gasteiger partial charge in [0.25, 0.3) is 5.69 Å². The predicted molar refractivity (Wildman–Crippen MR) is 80.7 cm³/mol. The molecule has 1 saturated heterocycles. The number of anilines is 1. The number of thioether (sulfide) groups is 1. The van der Waals surface area contributed by atoms with Crippen LogP contribution in [-0.2, 0) is 4.79 Å². The number of nitrogens with zero attached hydrogens (tertiary/aromatic N) is 4. The van der Waals surface area contributed by atoms with E-state index in [1.165, 1.54) is 51.7 Å². The van der Waals surface area contributed by atoms with Crippen LogP contribution in [-0.4, -0.2) is 26.8 Å². The van der Waals surface area contributed by atoms with Crippen molar-refractivity contribution in [3.05, 3.63) is 44.4 Å². The molecule has 10 heteroatoms. The van der Waals surface area contributed by atoms with Crippen LogP contribution < -0.4 is 4.90 Å². The number of nitro groups is 1. The molecule has 7 nitrogen and oxygen atoms in total. The van der Waals surface area contributed by atoms with E-state index in [9.17, 15) is 14.9 Å². The Hall–Kier alpha value is -1.71. The molecule has 1 amide bonds. The first-order valence-electron chi connectivity index (χ1n) is 5.71. The first-order valence-corrected chi connectivity index (χ1v) is 8.02. The maximum absolute atomic E-state index is 12.1. The van der Waals surface area contributed by atoms with Crippen LogP contribution in [0, 0.1) is 10.1 Å². The fourth-order valence-corrected chi connectivity index (χ4v) is 4.10. The van der Waals surface area contributed by atoms with Crippen LogP contribution in [0.3, 0.4) is 0 Å². The number of carbonyl (C=O) groups excluding carboxylic acids is 1. The van der Waals surface area contributed by atoms with Gasteiger partial charge in [0.2, 0.25) is 11.0 Å². The normalized spacial score (nSPS) is 18.2. The fraction of sp³-hybridized carbons (Fsp3) is 0.182. The van der Waals surface area contributed by atoms with E-state index in [1.807, 2.05) is 0 Å². The van der Waals surface area contributed by atoms with Crippen LogP contribution in [0.5, 0.6) is 0 Å². The Morgan fingerprint density at radius 2 is 2.29 bits per heavy atom. The largest absolute Gasteiger partial charge is 0.273 e. The number of hydrogen-bond acceptors (Lipinski definition) is 7. The molecule has 0 spiro atoms. The summed E-state index contributed by atoms with van der Waals surface area (Å²) in [4.78, 5) is 24.0. The van der Waals surface area contributed by atoms with Gasteiger partial charge in [0.15, 0.2) is 0 Å². The lowest BCUT2D eigenvalue weighted by Gasteiger charge is -2.21. The zero-order valence-corrected chi connectivity index (χ0v) is 12.7. The van der Waals surface area contributed by atoms with Crippen molar-refractivity contribution in [2.75, 3.05) is 10.7 Å². The second-order valence-corrected chi connectivity index (χ2v) is 6.40. The van der Waals surface area contributed by atoms with Gasteiger partial charge in [-0.15, -0.1) is 22.0 Å². The molecule has 0 aliphatic carbocycles. The van der Waals surface area contributed by atoms with Crippen molar-refractivity contribution < 1.29 is 9.72 Å². The second kappa shape index (κ2) is 5.58. The minimum absolute atomic E-state index is 0.0634. The molecular formula is C11H7ClN4O3S2. The minimum atomic E-state index is -0.490. The molecule has 108 valence electrons. The number of amides is 1. The fourth-order valence-electron chi connectivity index (χ4n) is 1.97. The summed E-state index contributed by atoms with van der Waals surface area (Å²) >= 11 is 8.73. The molecule has 1 unspecified atom stereocenters. The van der Waals surface area contributed by atoms with Gasteiger partial charge in [0.05, 0.1) is 10.7 Å². The molecule has 1 aromatic heterocycles. The van der Waals surface area contributed by atoms with E-state index in [4.69, 9.17) is 11.6 Å². The molecule has 0 radical (unpaired) electrons. The molecule has 1 aromatic carbocycles. The summed E-state index contributed by atoms with van der Waals surface area (Å²) < 4.78 is 0. The quantitative estimate of drug-likeness (QED) is 0.629. The molecule has 0 saturated carbocycles. The number of halogens is 1. The van der Waals surface area contributed by atoms with Crippen molar-refractivity contribution in [1.82, 2.24) is 10.2 Å². The van der Waals surface area contributed by atoms with Gasteiger partial charge in [-0.2, -0.15) is 0 Å². The summed E-state index contributed by atoms with van der Waals surface area (Å²) in [6.45, 7) is 0. The summed E-state index contributed by atoms with van der Waals surface area (Å²) in [5.41, 5.74) is 1.99. The summed E-state index contributed by atoms with van der Waals surface area (Å²) in [6, 6.07) is 4.20. The van der Waals surface area contributed by atoms with Gasteiger partial charge in [-0.25, -0.2) is 0 Å². The molecule has 21 heavy (non-hydrogen) atoms. The Morgan fingerprint density at radius 1 is 1.48 bits per heavy atom. The van der Waals surface area contributed by atoms with Crippen LogP contribution in [0.25, 0.3) is 0 Å². The number of aromatic nitrogens is 2. The van der Waals surface area contributed by atoms with Crippen LogP contribution >= 0.6 is 34.7 Å². The van der Waals surface area contributed by atoms with E-state index in [1.54, 1.807) is 0 Å². The second-order valence-electron chi connectivity index (χ2n) is 4.11.